The summed E-state index contributed by atoms with van der Waals surface area (Å²) >= 11 is 0. The van der Waals surface area contributed by atoms with E-state index in [0.29, 0.717) is 31.1 Å². The molecule has 0 aliphatic heterocycles. The Morgan fingerprint density at radius 1 is 1.04 bits per heavy atom. The highest BCUT2D eigenvalue weighted by Crippen LogP contribution is 2.20. The van der Waals surface area contributed by atoms with E-state index in [9.17, 15) is 4.79 Å². The first kappa shape index (κ1) is 18.5. The lowest BCUT2D eigenvalue weighted by atomic mass is 10.1. The largest absolute Gasteiger partial charge is 0.490 e. The van der Waals surface area contributed by atoms with Gasteiger partial charge in [-0.25, -0.2) is 0 Å². The molecule has 0 fully saturated rings. The van der Waals surface area contributed by atoms with Gasteiger partial charge in [0, 0.05) is 32.4 Å². The van der Waals surface area contributed by atoms with Crippen molar-refractivity contribution in [1.29, 1.82) is 0 Å². The Kier molecular flexibility index (Phi) is 6.10. The van der Waals surface area contributed by atoms with Crippen LogP contribution in [-0.4, -0.2) is 40.8 Å². The summed E-state index contributed by atoms with van der Waals surface area (Å²) in [5.74, 6) is 1.25. The molecule has 3 rings (SSSR count). The lowest BCUT2D eigenvalue weighted by Crippen LogP contribution is -2.26. The van der Waals surface area contributed by atoms with Gasteiger partial charge in [0.25, 0.3) is 5.91 Å². The molecule has 0 radical (unpaired) electrons. The van der Waals surface area contributed by atoms with Gasteiger partial charge in [-0.2, -0.15) is 5.10 Å². The van der Waals surface area contributed by atoms with Gasteiger partial charge >= 0.3 is 0 Å². The monoisotopic (exact) mass is 365 g/mol. The summed E-state index contributed by atoms with van der Waals surface area (Å²) < 4.78 is 13.1. The Hall–Kier alpha value is -3.28. The topological polar surface area (TPSA) is 56.6 Å². The van der Waals surface area contributed by atoms with Crippen LogP contribution >= 0.6 is 0 Å². The first-order valence-corrected chi connectivity index (χ1v) is 8.76. The van der Waals surface area contributed by atoms with E-state index in [1.165, 1.54) is 0 Å². The molecule has 0 spiro atoms. The standard InChI is InChI=1S/C21H23N3O3/c1-23(15-17-14-22-24(2)16-17)21(25)19-10-6-7-11-20(19)27-13-12-26-18-8-4-3-5-9-18/h3-11,14,16H,12-13,15H2,1-2H3. The average Bonchev–Trinajstić information content (AvgIpc) is 3.10. The summed E-state index contributed by atoms with van der Waals surface area (Å²) in [6.45, 7) is 1.24. The van der Waals surface area contributed by atoms with Crippen LogP contribution in [0.25, 0.3) is 0 Å². The van der Waals surface area contributed by atoms with Crippen molar-refractivity contribution in [2.45, 2.75) is 6.54 Å². The number of nitrogens with zero attached hydrogens (tertiary/aromatic N) is 3. The van der Waals surface area contributed by atoms with E-state index in [1.54, 1.807) is 35.0 Å². The maximum atomic E-state index is 12.8. The highest BCUT2D eigenvalue weighted by molar-refractivity contribution is 5.96. The van der Waals surface area contributed by atoms with Crippen molar-refractivity contribution in [2.24, 2.45) is 7.05 Å². The second-order valence-corrected chi connectivity index (χ2v) is 6.19. The molecule has 27 heavy (non-hydrogen) atoms. The summed E-state index contributed by atoms with van der Waals surface area (Å²) in [5, 5.41) is 4.13. The van der Waals surface area contributed by atoms with E-state index < -0.39 is 0 Å². The van der Waals surface area contributed by atoms with Gasteiger partial charge in [-0.3, -0.25) is 9.48 Å². The van der Waals surface area contributed by atoms with E-state index in [4.69, 9.17) is 9.47 Å². The molecule has 0 N–H and O–H groups in total. The molecule has 6 heteroatoms. The zero-order valence-corrected chi connectivity index (χ0v) is 15.5. The molecular formula is C21H23N3O3. The number of rotatable bonds is 8. The summed E-state index contributed by atoms with van der Waals surface area (Å²) in [4.78, 5) is 14.5. The van der Waals surface area contributed by atoms with Crippen molar-refractivity contribution in [3.8, 4) is 11.5 Å². The third-order valence-corrected chi connectivity index (χ3v) is 4.00. The first-order chi connectivity index (χ1) is 13.1. The predicted octanol–water partition coefficient (Wildman–Crippen LogP) is 3.15. The summed E-state index contributed by atoms with van der Waals surface area (Å²) in [6, 6.07) is 16.8. The quantitative estimate of drug-likeness (QED) is 0.576. The molecular weight excluding hydrogens is 342 g/mol. The highest BCUT2D eigenvalue weighted by Gasteiger charge is 2.17. The Balaban J connectivity index is 1.58. The van der Waals surface area contributed by atoms with Crippen LogP contribution in [-0.2, 0) is 13.6 Å². The number of hydrogen-bond acceptors (Lipinski definition) is 4. The molecule has 1 heterocycles. The normalized spacial score (nSPS) is 10.4. The zero-order valence-electron chi connectivity index (χ0n) is 15.5. The molecule has 1 amide bonds. The van der Waals surface area contributed by atoms with Crippen molar-refractivity contribution >= 4 is 5.91 Å². The van der Waals surface area contributed by atoms with Gasteiger partial charge in [-0.15, -0.1) is 0 Å². The summed E-state index contributed by atoms with van der Waals surface area (Å²) in [7, 11) is 3.62. The predicted molar refractivity (Wildman–Crippen MR) is 103 cm³/mol. The third kappa shape index (κ3) is 5.10. The molecule has 0 aliphatic rings. The number of carbonyl (C=O) groups is 1. The van der Waals surface area contributed by atoms with E-state index in [1.807, 2.05) is 55.7 Å². The number of benzene rings is 2. The fourth-order valence-electron chi connectivity index (χ4n) is 2.70. The molecule has 0 unspecified atom stereocenters. The fourth-order valence-corrected chi connectivity index (χ4v) is 2.70. The van der Waals surface area contributed by atoms with Crippen LogP contribution in [0.15, 0.2) is 67.0 Å². The maximum absolute atomic E-state index is 12.8. The first-order valence-electron chi connectivity index (χ1n) is 8.76. The van der Waals surface area contributed by atoms with Gasteiger partial charge in [0.2, 0.25) is 0 Å². The van der Waals surface area contributed by atoms with Gasteiger partial charge in [-0.05, 0) is 24.3 Å². The van der Waals surface area contributed by atoms with Crippen molar-refractivity contribution in [3.05, 3.63) is 78.1 Å². The molecule has 0 bridgehead atoms. The molecule has 0 atom stereocenters. The summed E-state index contributed by atoms with van der Waals surface area (Å²) in [6.07, 6.45) is 3.65. The number of amides is 1. The van der Waals surface area contributed by atoms with Crippen LogP contribution in [0.2, 0.25) is 0 Å². The van der Waals surface area contributed by atoms with Crippen molar-refractivity contribution in [2.75, 3.05) is 20.3 Å². The number of aromatic nitrogens is 2. The van der Waals surface area contributed by atoms with Gasteiger partial charge in [0.15, 0.2) is 0 Å². The number of para-hydroxylation sites is 2. The van der Waals surface area contributed by atoms with Gasteiger partial charge in [0.05, 0.1) is 11.8 Å². The Bertz CT molecular complexity index is 877. The van der Waals surface area contributed by atoms with E-state index >= 15 is 0 Å². The number of ether oxygens (including phenoxy) is 2. The van der Waals surface area contributed by atoms with Crippen LogP contribution in [0.4, 0.5) is 0 Å². The lowest BCUT2D eigenvalue weighted by molar-refractivity contribution is 0.0779. The molecule has 140 valence electrons. The van der Waals surface area contributed by atoms with E-state index in [0.717, 1.165) is 11.3 Å². The second kappa shape index (κ2) is 8.89. The smallest absolute Gasteiger partial charge is 0.257 e. The Labute approximate surface area is 158 Å². The van der Waals surface area contributed by atoms with Gasteiger partial charge in [-0.1, -0.05) is 30.3 Å². The minimum absolute atomic E-state index is 0.0987. The van der Waals surface area contributed by atoms with Crippen molar-refractivity contribution < 1.29 is 14.3 Å². The molecule has 0 saturated carbocycles. The second-order valence-electron chi connectivity index (χ2n) is 6.19. The van der Waals surface area contributed by atoms with Crippen LogP contribution < -0.4 is 9.47 Å². The SMILES string of the molecule is CN(Cc1cnn(C)c1)C(=O)c1ccccc1OCCOc1ccccc1. The molecule has 6 nitrogen and oxygen atoms in total. The molecule has 2 aromatic carbocycles. The van der Waals surface area contributed by atoms with E-state index in [-0.39, 0.29) is 5.91 Å². The number of carbonyl (C=O) groups excluding carboxylic acids is 1. The molecule has 1 aromatic heterocycles. The minimum atomic E-state index is -0.0987. The fraction of sp³-hybridized carbons (Fsp3) is 0.238. The van der Waals surface area contributed by atoms with Crippen molar-refractivity contribution in [3.63, 3.8) is 0 Å². The zero-order chi connectivity index (χ0) is 19.1. The van der Waals surface area contributed by atoms with Crippen LogP contribution in [0.1, 0.15) is 15.9 Å². The average molecular weight is 365 g/mol. The Morgan fingerprint density at radius 2 is 1.74 bits per heavy atom. The van der Waals surface area contributed by atoms with Crippen LogP contribution in [0.3, 0.4) is 0 Å². The van der Waals surface area contributed by atoms with Crippen molar-refractivity contribution in [1.82, 2.24) is 14.7 Å². The molecule has 0 saturated heterocycles. The lowest BCUT2D eigenvalue weighted by Gasteiger charge is -2.18. The third-order valence-electron chi connectivity index (χ3n) is 4.00. The minimum Gasteiger partial charge on any atom is -0.490 e. The maximum Gasteiger partial charge on any atom is 0.257 e. The number of aryl methyl sites for hydroxylation is 1. The van der Waals surface area contributed by atoms with Gasteiger partial charge < -0.3 is 14.4 Å². The molecule has 3 aromatic rings. The van der Waals surface area contributed by atoms with Crippen LogP contribution in [0.5, 0.6) is 11.5 Å². The molecule has 0 aliphatic carbocycles. The summed E-state index contributed by atoms with van der Waals surface area (Å²) in [5.41, 5.74) is 1.51. The van der Waals surface area contributed by atoms with E-state index in [2.05, 4.69) is 5.10 Å². The van der Waals surface area contributed by atoms with Gasteiger partial charge in [0.1, 0.15) is 24.7 Å². The van der Waals surface area contributed by atoms with Crippen LogP contribution in [0, 0.1) is 0 Å². The highest BCUT2D eigenvalue weighted by atomic mass is 16.5. The Morgan fingerprint density at radius 3 is 2.48 bits per heavy atom. The number of hydrogen-bond donors (Lipinski definition) is 0.